The minimum atomic E-state index is -4.74. The summed E-state index contributed by atoms with van der Waals surface area (Å²) < 4.78 is 41.2. The Morgan fingerprint density at radius 1 is 1.08 bits per heavy atom. The van der Waals surface area contributed by atoms with Crippen molar-refractivity contribution in [3.05, 3.63) is 12.2 Å². The molecule has 0 aromatic carbocycles. The first-order valence-electron chi connectivity index (χ1n) is 8.22. The van der Waals surface area contributed by atoms with Gasteiger partial charge < -0.3 is 9.47 Å². The zero-order valence-electron chi connectivity index (χ0n) is 14.4. The van der Waals surface area contributed by atoms with Gasteiger partial charge in [-0.05, 0) is 13.3 Å². The van der Waals surface area contributed by atoms with Gasteiger partial charge in [-0.15, -0.1) is 0 Å². The number of hydrogen-bond acceptors (Lipinski definition) is 6. The number of rotatable bonds is 13. The van der Waals surface area contributed by atoms with Crippen molar-refractivity contribution in [1.29, 1.82) is 0 Å². The highest BCUT2D eigenvalue weighted by Crippen LogP contribution is 2.10. The summed E-state index contributed by atoms with van der Waals surface area (Å²) in [5.41, 5.74) is 0. The normalized spacial score (nSPS) is 13.0. The van der Waals surface area contributed by atoms with Gasteiger partial charge in [0.25, 0.3) is 10.1 Å². The van der Waals surface area contributed by atoms with E-state index >= 15 is 0 Å². The second kappa shape index (κ2) is 12.9. The first-order valence-corrected chi connectivity index (χ1v) is 9.73. The minimum absolute atomic E-state index is 0.131. The lowest BCUT2D eigenvalue weighted by Crippen LogP contribution is -2.34. The van der Waals surface area contributed by atoms with Gasteiger partial charge in [0.05, 0.1) is 13.0 Å². The van der Waals surface area contributed by atoms with Gasteiger partial charge in [-0.25, -0.2) is 0 Å². The molecule has 1 atom stereocenters. The summed E-state index contributed by atoms with van der Waals surface area (Å²) >= 11 is 0. The van der Waals surface area contributed by atoms with Crippen LogP contribution >= 0.6 is 0 Å². The minimum Gasteiger partial charge on any atom is -0.466 e. The second-order valence-corrected chi connectivity index (χ2v) is 6.99. The molecule has 8 heteroatoms. The average Bonchev–Trinajstić information content (AvgIpc) is 2.50. The first-order chi connectivity index (χ1) is 11.3. The molecule has 0 spiro atoms. The van der Waals surface area contributed by atoms with E-state index in [1.54, 1.807) is 13.0 Å². The summed E-state index contributed by atoms with van der Waals surface area (Å²) in [7, 11) is -4.74. The van der Waals surface area contributed by atoms with E-state index in [0.29, 0.717) is 6.42 Å². The van der Waals surface area contributed by atoms with Crippen molar-refractivity contribution in [1.82, 2.24) is 0 Å². The maximum atomic E-state index is 11.7. The molecule has 1 N–H and O–H groups in total. The first kappa shape index (κ1) is 22.6. The van der Waals surface area contributed by atoms with Crippen molar-refractivity contribution in [3.8, 4) is 0 Å². The highest BCUT2D eigenvalue weighted by Gasteiger charge is 2.35. The Morgan fingerprint density at radius 3 is 2.29 bits per heavy atom. The largest absolute Gasteiger partial charge is 0.466 e. The van der Waals surface area contributed by atoms with Crippen LogP contribution in [0.25, 0.3) is 0 Å². The van der Waals surface area contributed by atoms with Gasteiger partial charge in [0.2, 0.25) is 0 Å². The van der Waals surface area contributed by atoms with Gasteiger partial charge in [0, 0.05) is 0 Å². The van der Waals surface area contributed by atoms with E-state index in [9.17, 15) is 18.0 Å². The van der Waals surface area contributed by atoms with Crippen LogP contribution in [0.15, 0.2) is 12.2 Å². The van der Waals surface area contributed by atoms with Crippen LogP contribution in [-0.4, -0.2) is 43.4 Å². The monoisotopic (exact) mass is 364 g/mol. The van der Waals surface area contributed by atoms with E-state index in [1.807, 2.05) is 0 Å². The Morgan fingerprint density at radius 2 is 1.71 bits per heavy atom. The topological polar surface area (TPSA) is 107 Å². The van der Waals surface area contributed by atoms with Crippen LogP contribution in [0.2, 0.25) is 0 Å². The summed E-state index contributed by atoms with van der Waals surface area (Å²) in [4.78, 5) is 23.3. The standard InChI is InChI=1S/C16H28O7S/c1-3-5-7-8-9-10-12-22-15(17)13-14(24(19,20)21)16(18)23-11-6-4-2/h4,6,14H,3,5,7-13H2,1-2H3,(H,19,20,21)/b6-4+. The van der Waals surface area contributed by atoms with Crippen LogP contribution in [0.5, 0.6) is 0 Å². The molecule has 0 aliphatic carbocycles. The number of carbonyl (C=O) groups is 2. The molecule has 0 amide bonds. The molecule has 0 radical (unpaired) electrons. The molecule has 0 aliphatic rings. The molecular weight excluding hydrogens is 336 g/mol. The molecule has 0 aromatic heterocycles. The molecule has 7 nitrogen and oxygen atoms in total. The van der Waals surface area contributed by atoms with Crippen molar-refractivity contribution in [2.45, 2.75) is 64.0 Å². The van der Waals surface area contributed by atoms with Gasteiger partial charge in [-0.3, -0.25) is 14.1 Å². The Labute approximate surface area is 144 Å². The number of unbranched alkanes of at least 4 members (excludes halogenated alkanes) is 5. The quantitative estimate of drug-likeness (QED) is 0.232. The fourth-order valence-electron chi connectivity index (χ4n) is 1.91. The third-order valence-corrected chi connectivity index (χ3v) is 4.37. The van der Waals surface area contributed by atoms with Gasteiger partial charge >= 0.3 is 11.9 Å². The van der Waals surface area contributed by atoms with Crippen LogP contribution in [0.4, 0.5) is 0 Å². The third-order valence-electron chi connectivity index (χ3n) is 3.29. The third kappa shape index (κ3) is 11.2. The summed E-state index contributed by atoms with van der Waals surface area (Å²) in [5, 5.41) is -1.96. The molecule has 0 bridgehead atoms. The molecule has 0 fully saturated rings. The SMILES string of the molecule is C/C=C/COC(=O)C(CC(=O)OCCCCCCCC)S(=O)(=O)O. The molecule has 1 unspecified atom stereocenters. The number of carbonyl (C=O) groups excluding carboxylic acids is 2. The maximum absolute atomic E-state index is 11.7. The fourth-order valence-corrected chi connectivity index (χ4v) is 2.57. The Balaban J connectivity index is 4.24. The lowest BCUT2D eigenvalue weighted by atomic mass is 10.1. The van der Waals surface area contributed by atoms with Crippen molar-refractivity contribution in [2.75, 3.05) is 13.2 Å². The molecule has 0 aliphatic heterocycles. The Bertz CT molecular complexity index is 497. The molecule has 24 heavy (non-hydrogen) atoms. The molecule has 0 saturated heterocycles. The zero-order valence-corrected chi connectivity index (χ0v) is 15.2. The van der Waals surface area contributed by atoms with Crippen LogP contribution in [0.1, 0.15) is 58.8 Å². The van der Waals surface area contributed by atoms with Crippen LogP contribution in [-0.2, 0) is 29.2 Å². The van der Waals surface area contributed by atoms with Gasteiger partial charge in [0.1, 0.15) is 6.61 Å². The predicted octanol–water partition coefficient (Wildman–Crippen LogP) is 2.66. The fraction of sp³-hybridized carbons (Fsp3) is 0.750. The molecular formula is C16H28O7S. The van der Waals surface area contributed by atoms with Gasteiger partial charge in [0.15, 0.2) is 5.25 Å². The lowest BCUT2D eigenvalue weighted by molar-refractivity contribution is -0.149. The summed E-state index contributed by atoms with van der Waals surface area (Å²) in [6, 6.07) is 0. The number of esters is 2. The van der Waals surface area contributed by atoms with Crippen LogP contribution in [0.3, 0.4) is 0 Å². The molecule has 0 saturated carbocycles. The summed E-state index contributed by atoms with van der Waals surface area (Å²) in [6.45, 7) is 3.86. The number of allylic oxidation sites excluding steroid dienone is 1. The second-order valence-electron chi connectivity index (χ2n) is 5.40. The number of ether oxygens (including phenoxy) is 2. The van der Waals surface area contributed by atoms with Crippen molar-refractivity contribution in [2.24, 2.45) is 0 Å². The summed E-state index contributed by atoms with van der Waals surface area (Å²) in [5.74, 6) is -2.03. The molecule has 0 rings (SSSR count). The van der Waals surface area contributed by atoms with Crippen LogP contribution in [0, 0.1) is 0 Å². The Kier molecular flexibility index (Phi) is 12.2. The van der Waals surface area contributed by atoms with E-state index in [4.69, 9.17) is 9.29 Å². The van der Waals surface area contributed by atoms with Gasteiger partial charge in [-0.2, -0.15) is 8.42 Å². The maximum Gasteiger partial charge on any atom is 0.327 e. The highest BCUT2D eigenvalue weighted by atomic mass is 32.2. The smallest absolute Gasteiger partial charge is 0.327 e. The summed E-state index contributed by atoms with van der Waals surface area (Å²) in [6.07, 6.45) is 8.45. The van der Waals surface area contributed by atoms with Crippen molar-refractivity contribution < 1.29 is 32.0 Å². The molecule has 0 aromatic rings. The van der Waals surface area contributed by atoms with Crippen molar-refractivity contribution in [3.63, 3.8) is 0 Å². The highest BCUT2D eigenvalue weighted by molar-refractivity contribution is 7.87. The van der Waals surface area contributed by atoms with E-state index in [1.165, 1.54) is 12.5 Å². The van der Waals surface area contributed by atoms with E-state index in [0.717, 1.165) is 25.7 Å². The lowest BCUT2D eigenvalue weighted by Gasteiger charge is -2.12. The van der Waals surface area contributed by atoms with Gasteiger partial charge in [-0.1, -0.05) is 51.2 Å². The van der Waals surface area contributed by atoms with E-state index < -0.39 is 33.7 Å². The molecule has 0 heterocycles. The predicted molar refractivity (Wildman–Crippen MR) is 90.1 cm³/mol. The van der Waals surface area contributed by atoms with Crippen molar-refractivity contribution >= 4 is 22.1 Å². The average molecular weight is 364 g/mol. The van der Waals surface area contributed by atoms with Crippen LogP contribution < -0.4 is 0 Å². The molecule has 140 valence electrons. The number of hydrogen-bond donors (Lipinski definition) is 1. The van der Waals surface area contributed by atoms with E-state index in [-0.39, 0.29) is 13.2 Å². The Hall–Kier alpha value is -1.41. The zero-order chi connectivity index (χ0) is 18.4. The van der Waals surface area contributed by atoms with E-state index in [2.05, 4.69) is 11.7 Å².